The summed E-state index contributed by atoms with van der Waals surface area (Å²) in [6, 6.07) is 0. The number of alkyl halides is 3. The van der Waals surface area contributed by atoms with E-state index < -0.39 is 70.7 Å². The maximum absolute atomic E-state index is 14.5. The number of carbonyl (C=O) groups is 1. The van der Waals surface area contributed by atoms with E-state index in [9.17, 15) is 35.5 Å². The van der Waals surface area contributed by atoms with Gasteiger partial charge in [0.1, 0.15) is 5.73 Å². The average molecular weight is 398 g/mol. The Bertz CT molecular complexity index is 799. The van der Waals surface area contributed by atoms with Crippen LogP contribution in [0.5, 0.6) is 0 Å². The quantitative estimate of drug-likeness (QED) is 0.315. The number of carbonyl (C=O) groups excluding carboxylic acids is 1. The van der Waals surface area contributed by atoms with E-state index in [4.69, 9.17) is 9.31 Å². The molecule has 0 aromatic heterocycles. The number of hydrogen-bond acceptors (Lipinski definition) is 3. The Morgan fingerprint density at radius 3 is 1.78 bits per heavy atom. The van der Waals surface area contributed by atoms with Crippen molar-refractivity contribution >= 4 is 19.5 Å². The molecule has 0 atom stereocenters. The lowest BCUT2D eigenvalue weighted by Crippen LogP contribution is -2.41. The van der Waals surface area contributed by atoms with Gasteiger partial charge in [0, 0.05) is 5.56 Å². The SMILES string of the molecule is CC1(C)OB(C(F)=Cc2c(F)c(F)c(F)c(C=O)c2C(F)(F)F)OC1(C)C. The molecule has 2 rings (SSSR count). The molecule has 1 aliphatic heterocycles. The van der Waals surface area contributed by atoms with Crippen molar-refractivity contribution in [3.8, 4) is 0 Å². The molecular weight excluding hydrogens is 384 g/mol. The summed E-state index contributed by atoms with van der Waals surface area (Å²) in [7, 11) is -1.80. The fourth-order valence-electron chi connectivity index (χ4n) is 2.41. The highest BCUT2D eigenvalue weighted by Crippen LogP contribution is 2.41. The second kappa shape index (κ2) is 6.63. The number of rotatable bonds is 3. The molecule has 0 amide bonds. The van der Waals surface area contributed by atoms with E-state index in [1.165, 1.54) is 27.7 Å². The molecule has 0 aliphatic carbocycles. The van der Waals surface area contributed by atoms with Crippen LogP contribution in [0.3, 0.4) is 0 Å². The van der Waals surface area contributed by atoms with E-state index in [1.54, 1.807) is 0 Å². The van der Waals surface area contributed by atoms with Crippen LogP contribution in [0.1, 0.15) is 49.2 Å². The summed E-state index contributed by atoms with van der Waals surface area (Å²) in [5.74, 6) is -6.95. The first-order valence-corrected chi connectivity index (χ1v) is 7.59. The molecule has 11 heteroatoms. The first kappa shape index (κ1) is 21.4. The lowest BCUT2D eigenvalue weighted by atomic mass is 9.85. The molecule has 0 bridgehead atoms. The third-order valence-corrected chi connectivity index (χ3v) is 4.56. The lowest BCUT2D eigenvalue weighted by molar-refractivity contribution is -0.138. The highest BCUT2D eigenvalue weighted by atomic mass is 19.4. The van der Waals surface area contributed by atoms with Crippen molar-refractivity contribution in [3.63, 3.8) is 0 Å². The Morgan fingerprint density at radius 2 is 1.37 bits per heavy atom. The van der Waals surface area contributed by atoms with Crippen LogP contribution in [0.4, 0.5) is 30.7 Å². The molecule has 3 nitrogen and oxygen atoms in total. The summed E-state index contributed by atoms with van der Waals surface area (Å²) in [5.41, 5.74) is -9.21. The first-order chi connectivity index (χ1) is 12.1. The summed E-state index contributed by atoms with van der Waals surface area (Å²) in [6.07, 6.45) is -6.10. The predicted octanol–water partition coefficient (Wildman–Crippen LogP) is 4.88. The maximum atomic E-state index is 14.5. The predicted molar refractivity (Wildman–Crippen MR) is 81.9 cm³/mol. The fraction of sp³-hybridized carbons (Fsp3) is 0.438. The molecule has 1 heterocycles. The van der Waals surface area contributed by atoms with Crippen LogP contribution in [0, 0.1) is 17.5 Å². The molecule has 0 saturated carbocycles. The van der Waals surface area contributed by atoms with Crippen molar-refractivity contribution in [3.05, 3.63) is 39.9 Å². The van der Waals surface area contributed by atoms with Crippen LogP contribution in [0.15, 0.2) is 5.73 Å². The van der Waals surface area contributed by atoms with Crippen LogP contribution >= 0.6 is 0 Å². The van der Waals surface area contributed by atoms with Crippen LogP contribution in [0.25, 0.3) is 6.08 Å². The summed E-state index contributed by atoms with van der Waals surface area (Å²) in [5, 5.41) is 0. The third kappa shape index (κ3) is 3.62. The molecule has 1 aromatic rings. The van der Waals surface area contributed by atoms with Crippen LogP contribution in [-0.4, -0.2) is 24.6 Å². The molecule has 1 saturated heterocycles. The second-order valence-electron chi connectivity index (χ2n) is 6.88. The molecule has 1 aromatic carbocycles. The van der Waals surface area contributed by atoms with Crippen molar-refractivity contribution < 1.29 is 44.8 Å². The van der Waals surface area contributed by atoms with Crippen molar-refractivity contribution in [1.29, 1.82) is 0 Å². The highest BCUT2D eigenvalue weighted by molar-refractivity contribution is 6.54. The normalized spacial score (nSPS) is 19.5. The van der Waals surface area contributed by atoms with Crippen molar-refractivity contribution in [1.82, 2.24) is 0 Å². The van der Waals surface area contributed by atoms with E-state index in [0.29, 0.717) is 0 Å². The van der Waals surface area contributed by atoms with Gasteiger partial charge in [0.05, 0.1) is 22.3 Å². The topological polar surface area (TPSA) is 35.5 Å². The van der Waals surface area contributed by atoms with Gasteiger partial charge in [0.25, 0.3) is 0 Å². The molecule has 27 heavy (non-hydrogen) atoms. The Labute approximate surface area is 150 Å². The Kier molecular flexibility index (Phi) is 5.26. The second-order valence-corrected chi connectivity index (χ2v) is 6.88. The summed E-state index contributed by atoms with van der Waals surface area (Å²) in [4.78, 5) is 10.8. The number of aldehydes is 1. The van der Waals surface area contributed by atoms with Gasteiger partial charge in [0.2, 0.25) is 0 Å². The zero-order valence-electron chi connectivity index (χ0n) is 14.6. The van der Waals surface area contributed by atoms with E-state index in [0.717, 1.165) is 0 Å². The first-order valence-electron chi connectivity index (χ1n) is 7.59. The highest BCUT2D eigenvalue weighted by Gasteiger charge is 2.53. The lowest BCUT2D eigenvalue weighted by Gasteiger charge is -2.32. The molecule has 0 radical (unpaired) electrons. The van der Waals surface area contributed by atoms with E-state index in [-0.39, 0.29) is 6.08 Å². The monoisotopic (exact) mass is 398 g/mol. The van der Waals surface area contributed by atoms with E-state index in [1.807, 2.05) is 0 Å². The van der Waals surface area contributed by atoms with Gasteiger partial charge < -0.3 is 9.31 Å². The van der Waals surface area contributed by atoms with Crippen molar-refractivity contribution in [2.24, 2.45) is 0 Å². The molecule has 0 N–H and O–H groups in total. The van der Waals surface area contributed by atoms with Gasteiger partial charge >= 0.3 is 13.3 Å². The van der Waals surface area contributed by atoms with Gasteiger partial charge in [0.15, 0.2) is 23.7 Å². The Balaban J connectivity index is 2.67. The molecule has 1 aliphatic rings. The number of halogens is 7. The van der Waals surface area contributed by atoms with Crippen molar-refractivity contribution in [2.45, 2.75) is 45.1 Å². The summed E-state index contributed by atoms with van der Waals surface area (Å²) >= 11 is 0. The largest absolute Gasteiger partial charge is 0.525 e. The number of benzene rings is 1. The smallest absolute Gasteiger partial charge is 0.398 e. The van der Waals surface area contributed by atoms with Crippen LogP contribution in [0.2, 0.25) is 0 Å². The van der Waals surface area contributed by atoms with E-state index >= 15 is 0 Å². The molecular formula is C16H14BF7O3. The summed E-state index contributed by atoms with van der Waals surface area (Å²) < 4.78 is 106. The molecule has 0 spiro atoms. The van der Waals surface area contributed by atoms with Crippen LogP contribution < -0.4 is 0 Å². The minimum Gasteiger partial charge on any atom is -0.398 e. The number of hydrogen-bond donors (Lipinski definition) is 0. The van der Waals surface area contributed by atoms with Gasteiger partial charge in [-0.3, -0.25) is 4.79 Å². The third-order valence-electron chi connectivity index (χ3n) is 4.56. The zero-order valence-corrected chi connectivity index (χ0v) is 14.6. The van der Waals surface area contributed by atoms with Gasteiger partial charge in [-0.1, -0.05) is 0 Å². The Hall–Kier alpha value is -1.88. The molecule has 148 valence electrons. The molecule has 0 unspecified atom stereocenters. The van der Waals surface area contributed by atoms with E-state index in [2.05, 4.69) is 0 Å². The minimum absolute atomic E-state index is 0.0180. The standard InChI is InChI=1S/C16H14BF7O3/c1-14(2)15(3,4)27-17(26-14)9(18)5-7-10(16(22,23)24)8(6-25)12(20)13(21)11(7)19/h5-6H,1-4H3. The minimum atomic E-state index is -5.46. The fourth-order valence-corrected chi connectivity index (χ4v) is 2.41. The van der Waals surface area contributed by atoms with Crippen molar-refractivity contribution in [2.75, 3.05) is 0 Å². The summed E-state index contributed by atoms with van der Waals surface area (Å²) in [6.45, 7) is 6.13. The van der Waals surface area contributed by atoms with Crippen LogP contribution in [-0.2, 0) is 15.5 Å². The molecule has 1 fully saturated rings. The van der Waals surface area contributed by atoms with Gasteiger partial charge in [-0.25, -0.2) is 17.6 Å². The maximum Gasteiger partial charge on any atom is 0.525 e. The average Bonchev–Trinajstić information content (AvgIpc) is 2.74. The van der Waals surface area contributed by atoms with Gasteiger partial charge in [-0.2, -0.15) is 13.2 Å². The Morgan fingerprint density at radius 1 is 0.926 bits per heavy atom. The zero-order chi connectivity index (χ0) is 20.9. The van der Waals surface area contributed by atoms with Gasteiger partial charge in [-0.15, -0.1) is 0 Å². The van der Waals surface area contributed by atoms with Gasteiger partial charge in [-0.05, 0) is 33.8 Å².